The third-order valence-corrected chi connectivity index (χ3v) is 4.19. The number of ether oxygens (including phenoxy) is 1. The topological polar surface area (TPSA) is 69.7 Å². The zero-order valence-electron chi connectivity index (χ0n) is 12.7. The molecule has 1 unspecified atom stereocenters. The van der Waals surface area contributed by atoms with Crippen molar-refractivity contribution < 1.29 is 22.7 Å². The molecule has 2 aromatic rings. The first-order chi connectivity index (χ1) is 11.4. The van der Waals surface area contributed by atoms with Crippen LogP contribution in [0.25, 0.3) is 0 Å². The number of benzene rings is 2. The highest BCUT2D eigenvalue weighted by atomic mass is 35.5. The predicted molar refractivity (Wildman–Crippen MR) is 87.4 cm³/mol. The number of halogens is 2. The van der Waals surface area contributed by atoms with E-state index in [0.29, 0.717) is 10.6 Å². The minimum Gasteiger partial charge on any atom is -0.760 e. The van der Waals surface area contributed by atoms with E-state index in [4.69, 9.17) is 11.6 Å². The third-order valence-electron chi connectivity index (χ3n) is 3.28. The van der Waals surface area contributed by atoms with Gasteiger partial charge in [-0.15, -0.1) is 0 Å². The van der Waals surface area contributed by atoms with Crippen molar-refractivity contribution in [1.82, 2.24) is 4.31 Å². The molecule has 0 radical (unpaired) electrons. The van der Waals surface area contributed by atoms with E-state index < -0.39 is 23.1 Å². The maximum atomic E-state index is 14.1. The summed E-state index contributed by atoms with van der Waals surface area (Å²) in [6, 6.07) is 10.5. The van der Waals surface area contributed by atoms with Crippen molar-refractivity contribution in [1.29, 1.82) is 0 Å². The van der Waals surface area contributed by atoms with Crippen LogP contribution in [0.15, 0.2) is 42.5 Å². The van der Waals surface area contributed by atoms with Crippen LogP contribution in [-0.4, -0.2) is 26.1 Å². The van der Waals surface area contributed by atoms with E-state index in [9.17, 15) is 17.9 Å². The summed E-state index contributed by atoms with van der Waals surface area (Å²) in [7, 11) is 1.20. The second-order valence-electron chi connectivity index (χ2n) is 4.94. The number of nitrogens with zero attached hydrogens (tertiary/aromatic N) is 1. The minimum atomic E-state index is -2.55. The molecule has 0 aliphatic carbocycles. The zero-order chi connectivity index (χ0) is 17.7. The Morgan fingerprint density at radius 1 is 1.29 bits per heavy atom. The Balaban J connectivity index is 2.19. The molecule has 0 aromatic heterocycles. The van der Waals surface area contributed by atoms with Crippen molar-refractivity contribution in [3.8, 4) is 0 Å². The number of carbonyl (C=O) groups is 1. The van der Waals surface area contributed by atoms with Crippen molar-refractivity contribution in [2.24, 2.45) is 0 Å². The molecule has 0 amide bonds. The average molecular weight is 371 g/mol. The van der Waals surface area contributed by atoms with Gasteiger partial charge in [0, 0.05) is 34.9 Å². The van der Waals surface area contributed by atoms with Gasteiger partial charge in [-0.1, -0.05) is 29.8 Å². The van der Waals surface area contributed by atoms with Crippen molar-refractivity contribution in [2.75, 3.05) is 7.11 Å². The van der Waals surface area contributed by atoms with Crippen LogP contribution >= 0.6 is 11.6 Å². The number of hydrogen-bond donors (Lipinski definition) is 0. The molecule has 1 atom stereocenters. The van der Waals surface area contributed by atoms with Gasteiger partial charge in [0.25, 0.3) is 0 Å². The third kappa shape index (κ3) is 4.85. The van der Waals surface area contributed by atoms with Crippen LogP contribution in [0.2, 0.25) is 5.02 Å². The molecule has 0 N–H and O–H groups in total. The first-order valence-electron chi connectivity index (χ1n) is 6.86. The number of esters is 1. The smallest absolute Gasteiger partial charge is 0.337 e. The number of hydrogen-bond acceptors (Lipinski definition) is 4. The lowest BCUT2D eigenvalue weighted by molar-refractivity contribution is 0.0600. The summed E-state index contributed by atoms with van der Waals surface area (Å²) in [5.74, 6) is -1.34. The molecule has 2 aromatic carbocycles. The van der Waals surface area contributed by atoms with Gasteiger partial charge in [-0.05, 0) is 29.8 Å². The van der Waals surface area contributed by atoms with Crippen molar-refractivity contribution in [3.63, 3.8) is 0 Å². The van der Waals surface area contributed by atoms with Gasteiger partial charge in [0.05, 0.1) is 12.7 Å². The quantitative estimate of drug-likeness (QED) is 0.579. The second kappa shape index (κ2) is 8.34. The van der Waals surface area contributed by atoms with Crippen LogP contribution < -0.4 is 0 Å². The largest absolute Gasteiger partial charge is 0.760 e. The highest BCUT2D eigenvalue weighted by molar-refractivity contribution is 7.76. The highest BCUT2D eigenvalue weighted by Crippen LogP contribution is 2.18. The lowest BCUT2D eigenvalue weighted by Crippen LogP contribution is -2.25. The van der Waals surface area contributed by atoms with Gasteiger partial charge in [-0.25, -0.2) is 13.5 Å². The summed E-state index contributed by atoms with van der Waals surface area (Å²) in [4.78, 5) is 11.4. The van der Waals surface area contributed by atoms with Crippen LogP contribution in [0.3, 0.4) is 0 Å². The summed E-state index contributed by atoms with van der Waals surface area (Å²) in [5, 5.41) is 0.484. The maximum Gasteiger partial charge on any atom is 0.337 e. The summed E-state index contributed by atoms with van der Waals surface area (Å²) in [5.41, 5.74) is 0.885. The van der Waals surface area contributed by atoms with Crippen LogP contribution in [0.1, 0.15) is 21.5 Å². The van der Waals surface area contributed by atoms with E-state index in [0.717, 1.165) is 10.4 Å². The van der Waals surface area contributed by atoms with Crippen LogP contribution in [-0.2, 0) is 29.1 Å². The molecule has 5 nitrogen and oxygen atoms in total. The Morgan fingerprint density at radius 2 is 2.04 bits per heavy atom. The molecule has 0 saturated heterocycles. The van der Waals surface area contributed by atoms with Crippen molar-refractivity contribution >= 4 is 28.8 Å². The molecule has 0 heterocycles. The van der Waals surface area contributed by atoms with E-state index in [2.05, 4.69) is 4.74 Å². The normalized spacial score (nSPS) is 12.2. The van der Waals surface area contributed by atoms with Crippen LogP contribution in [0.4, 0.5) is 4.39 Å². The molecular weight excluding hydrogens is 357 g/mol. The average Bonchev–Trinajstić information content (AvgIpc) is 2.55. The monoisotopic (exact) mass is 370 g/mol. The summed E-state index contributed by atoms with van der Waals surface area (Å²) in [6.45, 7) is -0.120. The maximum absolute atomic E-state index is 14.1. The number of carbonyl (C=O) groups excluding carboxylic acids is 1. The second-order valence-corrected chi connectivity index (χ2v) is 6.33. The molecule has 0 aliphatic rings. The standard InChI is InChI=1S/C16H15ClFNO4S/c1-23-16(20)12-5-6-13(15(18)8-12)10-19(24(21)22)9-11-3-2-4-14(17)7-11/h2-8H,9-10H2,1H3,(H,21,22)/p-1. The van der Waals surface area contributed by atoms with Crippen LogP contribution in [0, 0.1) is 5.82 Å². The molecule has 128 valence electrons. The fraction of sp³-hybridized carbons (Fsp3) is 0.188. The lowest BCUT2D eigenvalue weighted by Gasteiger charge is -2.24. The van der Waals surface area contributed by atoms with Gasteiger partial charge in [-0.3, -0.25) is 4.21 Å². The Morgan fingerprint density at radius 3 is 2.62 bits per heavy atom. The molecule has 0 fully saturated rings. The predicted octanol–water partition coefficient (Wildman–Crippen LogP) is 3.06. The van der Waals surface area contributed by atoms with Crippen LogP contribution in [0.5, 0.6) is 0 Å². The Kier molecular flexibility index (Phi) is 6.44. The van der Waals surface area contributed by atoms with E-state index >= 15 is 0 Å². The van der Waals surface area contributed by atoms with Crippen molar-refractivity contribution in [3.05, 3.63) is 70.0 Å². The van der Waals surface area contributed by atoms with Gasteiger partial charge in [0.15, 0.2) is 0 Å². The van der Waals surface area contributed by atoms with Gasteiger partial charge in [-0.2, -0.15) is 0 Å². The molecule has 0 bridgehead atoms. The van der Waals surface area contributed by atoms with Crippen molar-refractivity contribution in [2.45, 2.75) is 13.1 Å². The Labute approximate surface area is 146 Å². The molecule has 0 saturated carbocycles. The molecular formula is C16H14ClFNO4S-. The fourth-order valence-corrected chi connectivity index (χ4v) is 2.82. The highest BCUT2D eigenvalue weighted by Gasteiger charge is 2.14. The molecule has 0 aliphatic heterocycles. The molecule has 2 rings (SSSR count). The lowest BCUT2D eigenvalue weighted by atomic mass is 10.1. The SMILES string of the molecule is COC(=O)c1ccc(CN(Cc2cccc(Cl)c2)S(=O)[O-])c(F)c1. The van der Waals surface area contributed by atoms with E-state index in [-0.39, 0.29) is 24.2 Å². The summed E-state index contributed by atoms with van der Waals surface area (Å²) >= 11 is 3.32. The van der Waals surface area contributed by atoms with Gasteiger partial charge in [0.2, 0.25) is 0 Å². The van der Waals surface area contributed by atoms with E-state index in [1.165, 1.54) is 19.2 Å². The number of rotatable bonds is 6. The zero-order valence-corrected chi connectivity index (χ0v) is 14.3. The summed E-state index contributed by atoms with van der Waals surface area (Å²) in [6.07, 6.45) is 0. The molecule has 0 spiro atoms. The van der Waals surface area contributed by atoms with Gasteiger partial charge >= 0.3 is 5.97 Å². The number of methoxy groups -OCH3 is 1. The first-order valence-corrected chi connectivity index (χ1v) is 8.27. The first kappa shape index (κ1) is 18.5. The minimum absolute atomic E-state index is 0.0505. The summed E-state index contributed by atoms with van der Waals surface area (Å²) < 4.78 is 42.5. The van der Waals surface area contributed by atoms with Gasteiger partial charge < -0.3 is 9.29 Å². The fourth-order valence-electron chi connectivity index (χ4n) is 2.11. The van der Waals surface area contributed by atoms with E-state index in [1.807, 2.05) is 0 Å². The Hall–Kier alpha value is -1.80. The Bertz CT molecular complexity index is 771. The molecule has 8 heteroatoms. The molecule has 24 heavy (non-hydrogen) atoms. The van der Waals surface area contributed by atoms with Gasteiger partial charge in [0.1, 0.15) is 5.82 Å². The van der Waals surface area contributed by atoms with E-state index in [1.54, 1.807) is 24.3 Å².